The number of halogens is 6. The Morgan fingerprint density at radius 1 is 0.939 bits per heavy atom. The molecule has 180 valence electrons. The molecule has 8 nitrogen and oxygen atoms in total. The van der Waals surface area contributed by atoms with Gasteiger partial charge in [-0.2, -0.15) is 26.3 Å². The molecule has 2 heterocycles. The fourth-order valence-electron chi connectivity index (χ4n) is 2.98. The minimum atomic E-state index is -5.00. The molecule has 0 unspecified atom stereocenters. The Labute approximate surface area is 184 Å². The van der Waals surface area contributed by atoms with Gasteiger partial charge in [-0.25, -0.2) is 14.8 Å². The van der Waals surface area contributed by atoms with Gasteiger partial charge < -0.3 is 25.6 Å². The molecule has 3 rings (SSSR count). The van der Waals surface area contributed by atoms with Crippen LogP contribution >= 0.6 is 0 Å². The van der Waals surface area contributed by atoms with Crippen molar-refractivity contribution in [3.63, 3.8) is 0 Å². The highest BCUT2D eigenvalue weighted by atomic mass is 19.4. The average Bonchev–Trinajstić information content (AvgIpc) is 2.76. The summed E-state index contributed by atoms with van der Waals surface area (Å²) in [4.78, 5) is 22.2. The van der Waals surface area contributed by atoms with E-state index in [-0.39, 0.29) is 19.2 Å². The largest absolute Gasteiger partial charge is 0.416 e. The molecule has 0 saturated carbocycles. The molecule has 0 atom stereocenters. The molecular formula is C19H20F6N6O2. The summed E-state index contributed by atoms with van der Waals surface area (Å²) >= 11 is 0. The summed E-state index contributed by atoms with van der Waals surface area (Å²) in [5, 5.41) is 7.30. The SMILES string of the molecule is O=C(NCCNc1cc(N2CCOCC2)ncn1)Nc1cc(C(F)(F)F)cc(C(F)(F)F)c1. The number of rotatable bonds is 6. The number of ether oxygens (including phenoxy) is 1. The number of morpholine rings is 1. The Morgan fingerprint density at radius 3 is 2.18 bits per heavy atom. The second-order valence-corrected chi connectivity index (χ2v) is 6.96. The number of carbonyl (C=O) groups is 1. The second kappa shape index (κ2) is 10.1. The van der Waals surface area contributed by atoms with Crippen molar-refractivity contribution < 1.29 is 35.9 Å². The van der Waals surface area contributed by atoms with Gasteiger partial charge in [0.1, 0.15) is 18.0 Å². The molecule has 2 amide bonds. The Kier molecular flexibility index (Phi) is 7.46. The first kappa shape index (κ1) is 24.4. The van der Waals surface area contributed by atoms with Crippen LogP contribution in [0.25, 0.3) is 0 Å². The molecule has 1 aliphatic heterocycles. The molecule has 1 aromatic carbocycles. The Hall–Kier alpha value is -3.29. The molecule has 0 bridgehead atoms. The summed E-state index contributed by atoms with van der Waals surface area (Å²) < 4.78 is 82.7. The molecule has 1 saturated heterocycles. The number of anilines is 3. The lowest BCUT2D eigenvalue weighted by Gasteiger charge is -2.27. The molecule has 33 heavy (non-hydrogen) atoms. The molecule has 1 aromatic heterocycles. The maximum absolute atomic E-state index is 12.9. The van der Waals surface area contributed by atoms with Crippen molar-refractivity contribution >= 4 is 23.4 Å². The highest BCUT2D eigenvalue weighted by Crippen LogP contribution is 2.37. The van der Waals surface area contributed by atoms with Crippen molar-refractivity contribution in [2.45, 2.75) is 12.4 Å². The predicted octanol–water partition coefficient (Wildman–Crippen LogP) is 3.58. The number of urea groups is 1. The van der Waals surface area contributed by atoms with Gasteiger partial charge in [-0.3, -0.25) is 0 Å². The summed E-state index contributed by atoms with van der Waals surface area (Å²) in [6, 6.07) is 1.61. The number of alkyl halides is 6. The van der Waals surface area contributed by atoms with Crippen LogP contribution in [-0.4, -0.2) is 55.4 Å². The first-order valence-corrected chi connectivity index (χ1v) is 9.75. The first-order valence-electron chi connectivity index (χ1n) is 9.75. The molecule has 0 aliphatic carbocycles. The summed E-state index contributed by atoms with van der Waals surface area (Å²) in [6.07, 6.45) is -8.63. The third kappa shape index (κ3) is 7.10. The zero-order chi connectivity index (χ0) is 24.1. The van der Waals surface area contributed by atoms with Gasteiger partial charge in [0.05, 0.1) is 24.3 Å². The molecule has 0 spiro atoms. The van der Waals surface area contributed by atoms with Gasteiger partial charge >= 0.3 is 18.4 Å². The van der Waals surface area contributed by atoms with Gasteiger partial charge in [-0.05, 0) is 18.2 Å². The van der Waals surface area contributed by atoms with Crippen molar-refractivity contribution in [1.82, 2.24) is 15.3 Å². The maximum atomic E-state index is 12.9. The lowest BCUT2D eigenvalue weighted by atomic mass is 10.1. The zero-order valence-electron chi connectivity index (χ0n) is 17.1. The van der Waals surface area contributed by atoms with Crippen LogP contribution in [0, 0.1) is 0 Å². The van der Waals surface area contributed by atoms with Gasteiger partial charge in [-0.15, -0.1) is 0 Å². The van der Waals surface area contributed by atoms with Crippen LogP contribution < -0.4 is 20.9 Å². The van der Waals surface area contributed by atoms with E-state index in [1.165, 1.54) is 6.33 Å². The van der Waals surface area contributed by atoms with Crippen LogP contribution in [0.4, 0.5) is 48.5 Å². The normalized spacial score (nSPS) is 14.7. The molecular weight excluding hydrogens is 458 g/mol. The van der Waals surface area contributed by atoms with E-state index < -0.39 is 35.2 Å². The number of hydrogen-bond acceptors (Lipinski definition) is 6. The number of benzene rings is 1. The van der Waals surface area contributed by atoms with Gasteiger partial charge in [0, 0.05) is 37.9 Å². The third-order valence-electron chi connectivity index (χ3n) is 4.55. The van der Waals surface area contributed by atoms with Crippen LogP contribution in [-0.2, 0) is 17.1 Å². The molecule has 1 aliphatic rings. The van der Waals surface area contributed by atoms with Crippen LogP contribution in [0.2, 0.25) is 0 Å². The number of aromatic nitrogens is 2. The van der Waals surface area contributed by atoms with Crippen molar-refractivity contribution in [1.29, 1.82) is 0 Å². The summed E-state index contributed by atoms with van der Waals surface area (Å²) in [6.45, 7) is 2.76. The minimum absolute atomic E-state index is 0.0140. The Bertz CT molecular complexity index is 930. The van der Waals surface area contributed by atoms with Crippen molar-refractivity contribution in [3.05, 3.63) is 41.7 Å². The Morgan fingerprint density at radius 2 is 1.58 bits per heavy atom. The van der Waals surface area contributed by atoms with Gasteiger partial charge in [0.25, 0.3) is 0 Å². The molecule has 1 fully saturated rings. The van der Waals surface area contributed by atoms with E-state index in [2.05, 4.69) is 20.6 Å². The number of amides is 2. The van der Waals surface area contributed by atoms with E-state index >= 15 is 0 Å². The molecule has 0 radical (unpaired) electrons. The second-order valence-electron chi connectivity index (χ2n) is 6.96. The van der Waals surface area contributed by atoms with E-state index in [1.807, 2.05) is 10.2 Å². The smallest absolute Gasteiger partial charge is 0.378 e. The fraction of sp³-hybridized carbons (Fsp3) is 0.421. The van der Waals surface area contributed by atoms with E-state index in [9.17, 15) is 31.1 Å². The van der Waals surface area contributed by atoms with E-state index in [1.54, 1.807) is 6.07 Å². The lowest BCUT2D eigenvalue weighted by Crippen LogP contribution is -2.36. The Balaban J connectivity index is 1.53. The maximum Gasteiger partial charge on any atom is 0.416 e. The van der Waals surface area contributed by atoms with Crippen LogP contribution in [0.1, 0.15) is 11.1 Å². The highest BCUT2D eigenvalue weighted by molar-refractivity contribution is 5.89. The van der Waals surface area contributed by atoms with E-state index in [0.717, 1.165) is 0 Å². The van der Waals surface area contributed by atoms with Gasteiger partial charge in [0.2, 0.25) is 0 Å². The van der Waals surface area contributed by atoms with E-state index in [0.29, 0.717) is 50.1 Å². The third-order valence-corrected chi connectivity index (χ3v) is 4.55. The lowest BCUT2D eigenvalue weighted by molar-refractivity contribution is -0.143. The van der Waals surface area contributed by atoms with Crippen LogP contribution in [0.3, 0.4) is 0 Å². The van der Waals surface area contributed by atoms with Crippen LogP contribution in [0.5, 0.6) is 0 Å². The standard InChI is InChI=1S/C19H20F6N6O2/c20-18(21,22)12-7-13(19(23,24)25)9-14(8-12)30-17(32)27-2-1-26-15-10-16(29-11-28-15)31-3-5-33-6-4-31/h7-11H,1-6H2,(H,26,28,29)(H2,27,30,32). The monoisotopic (exact) mass is 478 g/mol. The topological polar surface area (TPSA) is 91.4 Å². The van der Waals surface area contributed by atoms with Gasteiger partial charge in [0.15, 0.2) is 0 Å². The van der Waals surface area contributed by atoms with E-state index in [4.69, 9.17) is 4.74 Å². The highest BCUT2D eigenvalue weighted by Gasteiger charge is 2.37. The summed E-state index contributed by atoms with van der Waals surface area (Å²) in [5.41, 5.74) is -3.67. The predicted molar refractivity (Wildman–Crippen MR) is 107 cm³/mol. The molecule has 3 N–H and O–H groups in total. The molecule has 14 heteroatoms. The quantitative estimate of drug-likeness (QED) is 0.434. The minimum Gasteiger partial charge on any atom is -0.378 e. The van der Waals surface area contributed by atoms with Crippen LogP contribution in [0.15, 0.2) is 30.6 Å². The summed E-state index contributed by atoms with van der Waals surface area (Å²) in [5.74, 6) is 1.19. The number of nitrogens with zero attached hydrogens (tertiary/aromatic N) is 3. The van der Waals surface area contributed by atoms with Crippen molar-refractivity contribution in [3.8, 4) is 0 Å². The molecule has 2 aromatic rings. The van der Waals surface area contributed by atoms with Gasteiger partial charge in [-0.1, -0.05) is 0 Å². The summed E-state index contributed by atoms with van der Waals surface area (Å²) in [7, 11) is 0. The first-order chi connectivity index (χ1) is 15.5. The zero-order valence-corrected chi connectivity index (χ0v) is 17.1. The average molecular weight is 478 g/mol. The fourth-order valence-corrected chi connectivity index (χ4v) is 2.98. The van der Waals surface area contributed by atoms with Crippen molar-refractivity contribution in [2.24, 2.45) is 0 Å². The number of nitrogens with one attached hydrogen (secondary N) is 3. The number of carbonyl (C=O) groups excluding carboxylic acids is 1. The number of hydrogen-bond donors (Lipinski definition) is 3. The van der Waals surface area contributed by atoms with Crippen molar-refractivity contribution in [2.75, 3.05) is 54.9 Å².